The summed E-state index contributed by atoms with van der Waals surface area (Å²) in [6, 6.07) is 14.2. The van der Waals surface area contributed by atoms with Crippen LogP contribution in [0.1, 0.15) is 16.8 Å². The van der Waals surface area contributed by atoms with E-state index in [-0.39, 0.29) is 24.8 Å². The second kappa shape index (κ2) is 7.13. The number of pyridine rings is 1. The van der Waals surface area contributed by atoms with Crippen LogP contribution in [-0.2, 0) is 16.8 Å². The summed E-state index contributed by atoms with van der Waals surface area (Å²) in [6.45, 7) is 1.07. The van der Waals surface area contributed by atoms with Crippen molar-refractivity contribution >= 4 is 17.7 Å². The van der Waals surface area contributed by atoms with Gasteiger partial charge in [-0.05, 0) is 29.8 Å². The van der Waals surface area contributed by atoms with Crippen LogP contribution in [0, 0.1) is 0 Å². The number of nitrogens with zero attached hydrogens (tertiary/aromatic N) is 2. The number of aromatic nitrogens is 1. The second-order valence-electron chi connectivity index (χ2n) is 7.91. The molecule has 9 heteroatoms. The third-order valence-corrected chi connectivity index (χ3v) is 6.17. The minimum absolute atomic E-state index is 0.0426. The highest BCUT2D eigenvalue weighted by Crippen LogP contribution is 2.55. The van der Waals surface area contributed by atoms with Crippen molar-refractivity contribution in [2.24, 2.45) is 0 Å². The Morgan fingerprint density at radius 1 is 1.03 bits per heavy atom. The van der Waals surface area contributed by atoms with Crippen LogP contribution in [0.2, 0.25) is 0 Å². The van der Waals surface area contributed by atoms with Crippen LogP contribution in [0.5, 0.6) is 23.0 Å². The minimum Gasteiger partial charge on any atom is -0.491 e. The van der Waals surface area contributed by atoms with Crippen LogP contribution < -0.4 is 23.8 Å². The molecule has 0 saturated heterocycles. The number of ether oxygens (including phenoxy) is 4. The molecule has 1 unspecified atom stereocenters. The second-order valence-corrected chi connectivity index (χ2v) is 7.91. The van der Waals surface area contributed by atoms with Gasteiger partial charge < -0.3 is 29.0 Å². The normalized spacial score (nSPS) is 19.8. The van der Waals surface area contributed by atoms with Gasteiger partial charge in [0.15, 0.2) is 17.2 Å². The van der Waals surface area contributed by atoms with Crippen LogP contribution in [-0.4, -0.2) is 42.0 Å². The first-order valence-corrected chi connectivity index (χ1v) is 10.4. The smallest absolute Gasteiger partial charge is 0.491 e. The lowest BCUT2D eigenvalue weighted by molar-refractivity contribution is -0.122. The Morgan fingerprint density at radius 2 is 1.82 bits per heavy atom. The summed E-state index contributed by atoms with van der Waals surface area (Å²) in [5.41, 5.74) is 1.52. The summed E-state index contributed by atoms with van der Waals surface area (Å²) in [7, 11) is 0. The van der Waals surface area contributed by atoms with Crippen molar-refractivity contribution in [3.63, 3.8) is 0 Å². The van der Waals surface area contributed by atoms with E-state index in [0.29, 0.717) is 41.8 Å². The number of carboxylic acid groups (broad SMARTS) is 1. The molecule has 33 heavy (non-hydrogen) atoms. The highest BCUT2D eigenvalue weighted by Gasteiger charge is 2.57. The van der Waals surface area contributed by atoms with E-state index in [1.807, 2.05) is 30.3 Å². The van der Waals surface area contributed by atoms with Crippen LogP contribution in [0.15, 0.2) is 54.7 Å². The molecule has 0 saturated carbocycles. The molecule has 4 heterocycles. The van der Waals surface area contributed by atoms with Crippen LogP contribution >= 0.6 is 0 Å². The first-order valence-electron chi connectivity index (χ1n) is 10.4. The lowest BCUT2D eigenvalue weighted by atomic mass is 9.77. The molecule has 1 atom stereocenters. The average molecular weight is 446 g/mol. The zero-order valence-corrected chi connectivity index (χ0v) is 17.3. The van der Waals surface area contributed by atoms with Gasteiger partial charge in [0.1, 0.15) is 36.7 Å². The number of carbonyl (C=O) groups excluding carboxylic acids is 1. The van der Waals surface area contributed by atoms with E-state index in [0.717, 1.165) is 11.1 Å². The summed E-state index contributed by atoms with van der Waals surface area (Å²) in [4.78, 5) is 31.0. The summed E-state index contributed by atoms with van der Waals surface area (Å²) in [5, 5.41) is 9.07. The third kappa shape index (κ3) is 2.82. The Kier molecular flexibility index (Phi) is 4.19. The number of para-hydroxylation sites is 1. The van der Waals surface area contributed by atoms with Gasteiger partial charge in [-0.25, -0.2) is 4.79 Å². The van der Waals surface area contributed by atoms with Crippen molar-refractivity contribution in [1.82, 2.24) is 4.98 Å². The maximum absolute atomic E-state index is 14.0. The summed E-state index contributed by atoms with van der Waals surface area (Å²) < 4.78 is 22.3. The molecule has 6 rings (SSSR count). The topological polar surface area (TPSA) is 107 Å². The number of rotatable bonds is 3. The van der Waals surface area contributed by atoms with Crippen molar-refractivity contribution in [3.8, 4) is 23.0 Å². The molecule has 1 amide bonds. The molecule has 0 bridgehead atoms. The van der Waals surface area contributed by atoms with Gasteiger partial charge >= 0.3 is 6.16 Å². The highest BCUT2D eigenvalue weighted by molar-refractivity contribution is 6.11. The quantitative estimate of drug-likeness (QED) is 0.612. The highest BCUT2D eigenvalue weighted by atomic mass is 16.7. The number of hydrogen-bond acceptors (Lipinski definition) is 7. The number of amides is 1. The van der Waals surface area contributed by atoms with Crippen LogP contribution in [0.4, 0.5) is 10.5 Å². The van der Waals surface area contributed by atoms with Crippen molar-refractivity contribution in [2.45, 2.75) is 12.0 Å². The molecule has 1 N–H and O–H groups in total. The Morgan fingerprint density at radius 3 is 2.64 bits per heavy atom. The summed E-state index contributed by atoms with van der Waals surface area (Å²) >= 11 is 0. The maximum atomic E-state index is 14.0. The zero-order chi connectivity index (χ0) is 22.6. The Balaban J connectivity index is 1.46. The Labute approximate surface area is 188 Å². The fraction of sp³-hybridized carbons (Fsp3) is 0.208. The van der Waals surface area contributed by atoms with Gasteiger partial charge in [-0.3, -0.25) is 9.78 Å². The van der Waals surface area contributed by atoms with Gasteiger partial charge in [0.2, 0.25) is 5.91 Å². The van der Waals surface area contributed by atoms with Gasteiger partial charge in [0, 0.05) is 23.5 Å². The molecule has 3 aliphatic heterocycles. The van der Waals surface area contributed by atoms with E-state index in [4.69, 9.17) is 24.1 Å². The van der Waals surface area contributed by atoms with E-state index in [9.17, 15) is 9.59 Å². The molecule has 9 nitrogen and oxygen atoms in total. The lowest BCUT2D eigenvalue weighted by Crippen LogP contribution is -2.42. The van der Waals surface area contributed by atoms with Gasteiger partial charge in [-0.1, -0.05) is 18.2 Å². The molecule has 0 fully saturated rings. The fourth-order valence-corrected chi connectivity index (χ4v) is 4.75. The number of hydrogen-bond donors (Lipinski definition) is 1. The van der Waals surface area contributed by atoms with E-state index in [2.05, 4.69) is 4.98 Å². The molecular weight excluding hydrogens is 428 g/mol. The first kappa shape index (κ1) is 19.4. The fourth-order valence-electron chi connectivity index (χ4n) is 4.75. The molecule has 0 radical (unpaired) electrons. The van der Waals surface area contributed by atoms with Crippen molar-refractivity contribution in [3.05, 3.63) is 71.5 Å². The van der Waals surface area contributed by atoms with Crippen molar-refractivity contribution in [2.75, 3.05) is 24.7 Å². The molecule has 1 aromatic heterocycles. The van der Waals surface area contributed by atoms with E-state index in [1.165, 1.54) is 12.3 Å². The molecule has 3 aromatic rings. The van der Waals surface area contributed by atoms with Gasteiger partial charge in [0.05, 0.1) is 6.54 Å². The minimum atomic E-state index is -1.45. The van der Waals surface area contributed by atoms with E-state index < -0.39 is 11.6 Å². The third-order valence-electron chi connectivity index (χ3n) is 6.17. The molecule has 3 aliphatic rings. The lowest BCUT2D eigenvalue weighted by Gasteiger charge is -2.24. The standard InChI is InChI=1S/C24H18N2O7/c27-22-24(13-32-19-11-21-20(10-15(19)24)30-8-9-31-21)14-4-1-2-5-17(14)26(22)12-16-18(33-23(28)29)6-3-7-25-16/h1-7,10-11H,8-9,12-13H2,(H,28,29). The first-order chi connectivity index (χ1) is 16.1. The van der Waals surface area contributed by atoms with Crippen molar-refractivity contribution < 1.29 is 33.6 Å². The van der Waals surface area contributed by atoms with Crippen molar-refractivity contribution in [1.29, 1.82) is 0 Å². The summed E-state index contributed by atoms with van der Waals surface area (Å²) in [6.07, 6.45) is 0.0862. The largest absolute Gasteiger partial charge is 0.511 e. The molecular formula is C24H18N2O7. The molecule has 1 spiro atoms. The Hall–Kier alpha value is -4.27. The molecule has 0 aliphatic carbocycles. The van der Waals surface area contributed by atoms with Crippen LogP contribution in [0.3, 0.4) is 0 Å². The zero-order valence-electron chi connectivity index (χ0n) is 17.3. The number of benzene rings is 2. The molecule has 2 aromatic carbocycles. The van der Waals surface area contributed by atoms with Crippen LogP contribution in [0.25, 0.3) is 0 Å². The van der Waals surface area contributed by atoms with Gasteiger partial charge in [-0.15, -0.1) is 0 Å². The summed E-state index contributed by atoms with van der Waals surface area (Å²) in [5.74, 6) is 1.65. The predicted octanol–water partition coefficient (Wildman–Crippen LogP) is 3.13. The number of anilines is 1. The SMILES string of the molecule is O=C(O)Oc1cccnc1CN1C(=O)C2(COc3cc4c(cc32)OCCO4)c2ccccc21. The number of carbonyl (C=O) groups is 2. The molecule has 166 valence electrons. The van der Waals surface area contributed by atoms with E-state index >= 15 is 0 Å². The van der Waals surface area contributed by atoms with Gasteiger partial charge in [0.25, 0.3) is 0 Å². The monoisotopic (exact) mass is 446 g/mol. The maximum Gasteiger partial charge on any atom is 0.511 e. The van der Waals surface area contributed by atoms with Gasteiger partial charge in [-0.2, -0.15) is 0 Å². The Bertz CT molecular complexity index is 1310. The number of fused-ring (bicyclic) bond motifs is 5. The predicted molar refractivity (Wildman–Crippen MR) is 114 cm³/mol. The average Bonchev–Trinajstić information content (AvgIpc) is 3.31. The van der Waals surface area contributed by atoms with E-state index in [1.54, 1.807) is 17.0 Å².